The van der Waals surface area contributed by atoms with Crippen molar-refractivity contribution < 1.29 is 4.79 Å². The molecule has 2 atom stereocenters. The summed E-state index contributed by atoms with van der Waals surface area (Å²) in [5, 5.41) is 0.403. The van der Waals surface area contributed by atoms with Crippen molar-refractivity contribution in [3.8, 4) is 0 Å². The Hall–Kier alpha value is 0.690. The SMILES string of the molecule is CCC1C(C)SCCN1C(=O)C(Cl)(Cl)Cl. The minimum atomic E-state index is -1.82. The molecule has 0 N–H and O–H groups in total. The first-order valence-corrected chi connectivity index (χ1v) is 7.05. The Morgan fingerprint density at radius 1 is 1.53 bits per heavy atom. The molecule has 0 spiro atoms. The number of carbonyl (C=O) groups is 1. The summed E-state index contributed by atoms with van der Waals surface area (Å²) in [6, 6.07) is 0.173. The number of hydrogen-bond donors (Lipinski definition) is 0. The summed E-state index contributed by atoms with van der Waals surface area (Å²) >= 11 is 18.7. The van der Waals surface area contributed by atoms with Crippen LogP contribution in [-0.4, -0.2) is 38.2 Å². The third kappa shape index (κ3) is 3.32. The highest BCUT2D eigenvalue weighted by atomic mass is 35.6. The molecule has 2 unspecified atom stereocenters. The zero-order chi connectivity index (χ0) is 11.6. The first kappa shape index (κ1) is 13.8. The summed E-state index contributed by atoms with van der Waals surface area (Å²) in [7, 11) is 0. The molecule has 0 saturated carbocycles. The highest BCUT2D eigenvalue weighted by Gasteiger charge is 2.40. The summed E-state index contributed by atoms with van der Waals surface area (Å²) in [5.41, 5.74) is 0. The maximum absolute atomic E-state index is 11.9. The third-order valence-electron chi connectivity index (χ3n) is 2.58. The fraction of sp³-hybridized carbons (Fsp3) is 0.889. The number of nitrogens with zero attached hydrogens (tertiary/aromatic N) is 1. The standard InChI is InChI=1S/C9H14Cl3NOS/c1-3-7-6(2)15-5-4-13(7)8(14)9(10,11)12/h6-7H,3-5H2,1-2H3. The lowest BCUT2D eigenvalue weighted by atomic mass is 10.1. The van der Waals surface area contributed by atoms with Crippen LogP contribution < -0.4 is 0 Å². The number of hydrogen-bond acceptors (Lipinski definition) is 2. The van der Waals surface area contributed by atoms with E-state index >= 15 is 0 Å². The van der Waals surface area contributed by atoms with E-state index in [1.165, 1.54) is 0 Å². The van der Waals surface area contributed by atoms with E-state index < -0.39 is 9.70 Å². The summed E-state index contributed by atoms with van der Waals surface area (Å²) in [4.78, 5) is 13.6. The van der Waals surface area contributed by atoms with Gasteiger partial charge >= 0.3 is 0 Å². The molecule has 1 amide bonds. The van der Waals surface area contributed by atoms with Crippen LogP contribution in [-0.2, 0) is 4.79 Å². The Balaban J connectivity index is 2.78. The summed E-state index contributed by atoms with van der Waals surface area (Å²) < 4.78 is -1.82. The van der Waals surface area contributed by atoms with E-state index in [4.69, 9.17) is 34.8 Å². The van der Waals surface area contributed by atoms with Gasteiger partial charge in [-0.15, -0.1) is 0 Å². The molecule has 0 radical (unpaired) electrons. The van der Waals surface area contributed by atoms with Gasteiger partial charge in [0.25, 0.3) is 9.70 Å². The first-order valence-electron chi connectivity index (χ1n) is 4.87. The molecule has 2 nitrogen and oxygen atoms in total. The number of rotatable bonds is 1. The average molecular weight is 291 g/mol. The first-order chi connectivity index (χ1) is 6.88. The van der Waals surface area contributed by atoms with Crippen LogP contribution in [0.2, 0.25) is 0 Å². The van der Waals surface area contributed by atoms with Gasteiger partial charge in [-0.1, -0.05) is 48.7 Å². The smallest absolute Gasteiger partial charge is 0.275 e. The van der Waals surface area contributed by atoms with Gasteiger partial charge in [0.05, 0.1) is 0 Å². The van der Waals surface area contributed by atoms with Gasteiger partial charge in [0.1, 0.15) is 0 Å². The van der Waals surface area contributed by atoms with E-state index in [0.717, 1.165) is 12.2 Å². The van der Waals surface area contributed by atoms with Crippen molar-refractivity contribution in [1.82, 2.24) is 4.90 Å². The molecule has 1 saturated heterocycles. The van der Waals surface area contributed by atoms with Gasteiger partial charge in [-0.05, 0) is 6.42 Å². The predicted molar refractivity (Wildman–Crippen MR) is 68.0 cm³/mol. The molecule has 0 aromatic rings. The van der Waals surface area contributed by atoms with E-state index in [0.29, 0.717) is 11.8 Å². The van der Waals surface area contributed by atoms with Crippen LogP contribution in [0.5, 0.6) is 0 Å². The van der Waals surface area contributed by atoms with Crippen molar-refractivity contribution in [2.45, 2.75) is 35.4 Å². The molecule has 6 heteroatoms. The normalized spacial score (nSPS) is 27.9. The monoisotopic (exact) mass is 289 g/mol. The van der Waals surface area contributed by atoms with Crippen molar-refractivity contribution >= 4 is 52.5 Å². The highest BCUT2D eigenvalue weighted by Crippen LogP contribution is 2.34. The number of halogens is 3. The van der Waals surface area contributed by atoms with Gasteiger partial charge in [0.2, 0.25) is 0 Å². The van der Waals surface area contributed by atoms with Crippen molar-refractivity contribution in [1.29, 1.82) is 0 Å². The second kappa shape index (κ2) is 5.35. The molecule has 0 aliphatic carbocycles. The topological polar surface area (TPSA) is 20.3 Å². The average Bonchev–Trinajstić information content (AvgIpc) is 2.14. The van der Waals surface area contributed by atoms with Gasteiger partial charge in [-0.25, -0.2) is 0 Å². The minimum absolute atomic E-state index is 0.173. The molecule has 1 heterocycles. The summed E-state index contributed by atoms with van der Waals surface area (Å²) in [6.45, 7) is 4.82. The maximum atomic E-state index is 11.9. The van der Waals surface area contributed by atoms with E-state index in [1.54, 1.807) is 4.90 Å². The lowest BCUT2D eigenvalue weighted by molar-refractivity contribution is -0.132. The van der Waals surface area contributed by atoms with Crippen molar-refractivity contribution in [3.05, 3.63) is 0 Å². The van der Waals surface area contributed by atoms with E-state index in [9.17, 15) is 4.79 Å². The largest absolute Gasteiger partial charge is 0.334 e. The Morgan fingerprint density at radius 3 is 2.60 bits per heavy atom. The lowest BCUT2D eigenvalue weighted by Gasteiger charge is -2.40. The van der Waals surface area contributed by atoms with Crippen LogP contribution in [0.3, 0.4) is 0 Å². The van der Waals surface area contributed by atoms with Crippen LogP contribution in [0.4, 0.5) is 0 Å². The van der Waals surface area contributed by atoms with Crippen LogP contribution in [0.15, 0.2) is 0 Å². The third-order valence-corrected chi connectivity index (χ3v) is 4.32. The zero-order valence-electron chi connectivity index (χ0n) is 8.67. The molecule has 88 valence electrons. The Morgan fingerprint density at radius 2 is 2.13 bits per heavy atom. The second-order valence-electron chi connectivity index (χ2n) is 3.55. The number of amides is 1. The van der Waals surface area contributed by atoms with Crippen LogP contribution >= 0.6 is 46.6 Å². The summed E-state index contributed by atoms with van der Waals surface area (Å²) in [5.74, 6) is 0.510. The predicted octanol–water partition coefficient (Wildman–Crippen LogP) is 3.10. The number of thioether (sulfide) groups is 1. The van der Waals surface area contributed by atoms with Crippen molar-refractivity contribution in [3.63, 3.8) is 0 Å². The fourth-order valence-corrected chi connectivity index (χ4v) is 3.40. The van der Waals surface area contributed by atoms with Gasteiger partial charge < -0.3 is 4.90 Å². The molecule has 15 heavy (non-hydrogen) atoms. The van der Waals surface area contributed by atoms with Crippen LogP contribution in [0.25, 0.3) is 0 Å². The molecule has 0 aromatic carbocycles. The fourth-order valence-electron chi connectivity index (χ4n) is 1.83. The molecule has 1 aliphatic heterocycles. The maximum Gasteiger partial charge on any atom is 0.275 e. The Kier molecular flexibility index (Phi) is 4.90. The van der Waals surface area contributed by atoms with E-state index in [-0.39, 0.29) is 6.04 Å². The van der Waals surface area contributed by atoms with Crippen LogP contribution in [0.1, 0.15) is 20.3 Å². The molecule has 1 rings (SSSR count). The van der Waals surface area contributed by atoms with Crippen LogP contribution in [0, 0.1) is 0 Å². The van der Waals surface area contributed by atoms with Gasteiger partial charge in [-0.2, -0.15) is 11.8 Å². The van der Waals surface area contributed by atoms with Gasteiger partial charge in [-0.3, -0.25) is 4.79 Å². The second-order valence-corrected chi connectivity index (χ2v) is 7.31. The molecule has 1 fully saturated rings. The summed E-state index contributed by atoms with van der Waals surface area (Å²) in [6.07, 6.45) is 0.890. The Bertz CT molecular complexity index is 244. The number of carbonyl (C=O) groups excluding carboxylic acids is 1. The van der Waals surface area contributed by atoms with Gasteiger partial charge in [0.15, 0.2) is 0 Å². The Labute approximate surface area is 110 Å². The molecular formula is C9H14Cl3NOS. The molecule has 0 bridgehead atoms. The lowest BCUT2D eigenvalue weighted by Crippen LogP contribution is -2.52. The minimum Gasteiger partial charge on any atom is -0.334 e. The van der Waals surface area contributed by atoms with Crippen molar-refractivity contribution in [2.24, 2.45) is 0 Å². The quantitative estimate of drug-likeness (QED) is 0.692. The molecule has 1 aliphatic rings. The molecule has 0 aromatic heterocycles. The van der Waals surface area contributed by atoms with Gasteiger partial charge in [0, 0.05) is 23.6 Å². The highest BCUT2D eigenvalue weighted by molar-refractivity contribution is 8.00. The zero-order valence-corrected chi connectivity index (χ0v) is 11.8. The number of alkyl halides is 3. The molecular weight excluding hydrogens is 277 g/mol. The van der Waals surface area contributed by atoms with E-state index in [1.807, 2.05) is 18.7 Å². The van der Waals surface area contributed by atoms with Crippen molar-refractivity contribution in [2.75, 3.05) is 12.3 Å². The van der Waals surface area contributed by atoms with E-state index in [2.05, 4.69) is 6.92 Å².